The minimum Gasteiger partial charge on any atom is -0.457 e. The molecule has 6 heteroatoms. The fourth-order valence-corrected chi connectivity index (χ4v) is 4.12. The Morgan fingerprint density at radius 3 is 2.30 bits per heavy atom. The third-order valence-corrected chi connectivity index (χ3v) is 6.37. The minimum atomic E-state index is -0.00216. The molecular formula is C31H38N4O2. The van der Waals surface area contributed by atoms with Crippen LogP contribution in [0.15, 0.2) is 65.8 Å². The van der Waals surface area contributed by atoms with Gasteiger partial charge in [-0.05, 0) is 64.3 Å². The number of hydrogen-bond donors (Lipinski definition) is 2. The van der Waals surface area contributed by atoms with E-state index in [-0.39, 0.29) is 16.7 Å². The Morgan fingerprint density at radius 1 is 0.946 bits per heavy atom. The van der Waals surface area contributed by atoms with Gasteiger partial charge in [0.05, 0.1) is 6.54 Å². The molecule has 6 nitrogen and oxygen atoms in total. The smallest absolute Gasteiger partial charge is 0.224 e. The maximum Gasteiger partial charge on any atom is 0.224 e. The number of carbonyl (C=O) groups excluding carboxylic acids is 1. The Morgan fingerprint density at radius 2 is 1.65 bits per heavy atom. The number of nitrogens with one attached hydrogen (secondary N) is 2. The minimum absolute atomic E-state index is 0.000790. The number of pyridine rings is 1. The molecule has 2 N–H and O–H groups in total. The largest absolute Gasteiger partial charge is 0.457 e. The zero-order valence-corrected chi connectivity index (χ0v) is 22.8. The number of aryl methyl sites for hydroxylation is 1. The summed E-state index contributed by atoms with van der Waals surface area (Å²) in [6.45, 7) is 14.8. The van der Waals surface area contributed by atoms with Gasteiger partial charge in [0.1, 0.15) is 23.0 Å². The van der Waals surface area contributed by atoms with Crippen molar-refractivity contribution in [2.75, 3.05) is 18.4 Å². The van der Waals surface area contributed by atoms with Gasteiger partial charge in [-0.25, -0.2) is 0 Å². The quantitative estimate of drug-likeness (QED) is 0.396. The number of anilines is 1. The molecule has 194 valence electrons. The van der Waals surface area contributed by atoms with Crippen LogP contribution >= 0.6 is 0 Å². The lowest BCUT2D eigenvalue weighted by molar-refractivity contribution is -0.116. The van der Waals surface area contributed by atoms with Crippen LogP contribution in [0.5, 0.6) is 11.5 Å². The number of carbonyl (C=O) groups is 1. The summed E-state index contributed by atoms with van der Waals surface area (Å²) in [5, 5.41) is 6.36. The topological polar surface area (TPSA) is 75.6 Å². The van der Waals surface area contributed by atoms with Crippen molar-refractivity contribution in [3.05, 3.63) is 83.2 Å². The highest BCUT2D eigenvalue weighted by Gasteiger charge is 2.21. The first-order valence-electron chi connectivity index (χ1n) is 12.9. The van der Waals surface area contributed by atoms with Crippen molar-refractivity contribution in [3.8, 4) is 11.5 Å². The van der Waals surface area contributed by atoms with Crippen molar-refractivity contribution >= 4 is 17.4 Å². The molecule has 0 atom stereocenters. The van der Waals surface area contributed by atoms with Gasteiger partial charge in [0, 0.05) is 30.9 Å². The number of rotatable bonds is 7. The fourth-order valence-electron chi connectivity index (χ4n) is 4.12. The lowest BCUT2D eigenvalue weighted by Gasteiger charge is -2.26. The average molecular weight is 499 g/mol. The lowest BCUT2D eigenvalue weighted by atomic mass is 9.80. The zero-order valence-electron chi connectivity index (χ0n) is 22.8. The van der Waals surface area contributed by atoms with Gasteiger partial charge in [0.2, 0.25) is 5.91 Å². The van der Waals surface area contributed by atoms with Gasteiger partial charge >= 0.3 is 0 Å². The molecule has 0 aliphatic carbocycles. The van der Waals surface area contributed by atoms with Gasteiger partial charge in [-0.15, -0.1) is 0 Å². The molecule has 1 amide bonds. The molecule has 0 radical (unpaired) electrons. The van der Waals surface area contributed by atoms with Gasteiger partial charge in [-0.3, -0.25) is 14.8 Å². The molecule has 2 aromatic carbocycles. The van der Waals surface area contributed by atoms with E-state index in [4.69, 9.17) is 4.74 Å². The van der Waals surface area contributed by atoms with Crippen molar-refractivity contribution in [1.29, 1.82) is 0 Å². The molecule has 4 rings (SSSR count). The molecule has 1 aliphatic rings. The van der Waals surface area contributed by atoms with Gasteiger partial charge in [-0.2, -0.15) is 0 Å². The van der Waals surface area contributed by atoms with Crippen molar-refractivity contribution < 1.29 is 9.53 Å². The van der Waals surface area contributed by atoms with E-state index in [1.807, 2.05) is 36.4 Å². The number of benzene rings is 2. The molecule has 2 heterocycles. The van der Waals surface area contributed by atoms with E-state index in [1.54, 1.807) is 6.20 Å². The number of ether oxygens (including phenoxy) is 1. The van der Waals surface area contributed by atoms with E-state index in [0.717, 1.165) is 41.6 Å². The molecule has 0 bridgehead atoms. The van der Waals surface area contributed by atoms with Crippen LogP contribution in [0, 0.1) is 0 Å². The summed E-state index contributed by atoms with van der Waals surface area (Å²) in [7, 11) is 0. The number of amidine groups is 1. The Labute approximate surface area is 220 Å². The summed E-state index contributed by atoms with van der Waals surface area (Å²) in [5.41, 5.74) is 5.10. The highest BCUT2D eigenvalue weighted by atomic mass is 16.5. The summed E-state index contributed by atoms with van der Waals surface area (Å²) in [6, 6.07) is 18.0. The van der Waals surface area contributed by atoms with Crippen LogP contribution in [-0.2, 0) is 22.0 Å². The second kappa shape index (κ2) is 10.8. The normalized spacial score (nSPS) is 13.6. The van der Waals surface area contributed by atoms with Crippen LogP contribution in [0.2, 0.25) is 0 Å². The molecule has 0 unspecified atom stereocenters. The second-order valence-electron chi connectivity index (χ2n) is 11.6. The molecule has 37 heavy (non-hydrogen) atoms. The van der Waals surface area contributed by atoms with Crippen LogP contribution in [-0.4, -0.2) is 29.8 Å². The first kappa shape index (κ1) is 26.4. The van der Waals surface area contributed by atoms with Crippen molar-refractivity contribution in [1.82, 2.24) is 10.3 Å². The molecule has 0 spiro atoms. The van der Waals surface area contributed by atoms with Gasteiger partial charge in [0.15, 0.2) is 0 Å². The van der Waals surface area contributed by atoms with Crippen LogP contribution < -0.4 is 15.4 Å². The van der Waals surface area contributed by atoms with E-state index in [9.17, 15) is 4.79 Å². The summed E-state index contributed by atoms with van der Waals surface area (Å²) in [6.07, 6.45) is 2.73. The third kappa shape index (κ3) is 7.19. The highest BCUT2D eigenvalue weighted by Crippen LogP contribution is 2.32. The summed E-state index contributed by atoms with van der Waals surface area (Å²) < 4.78 is 6.09. The van der Waals surface area contributed by atoms with Crippen molar-refractivity contribution in [2.24, 2.45) is 4.99 Å². The Bertz CT molecular complexity index is 1270. The second-order valence-corrected chi connectivity index (χ2v) is 11.6. The average Bonchev–Trinajstić information content (AvgIpc) is 3.37. The Kier molecular flexibility index (Phi) is 7.67. The monoisotopic (exact) mass is 498 g/mol. The van der Waals surface area contributed by atoms with Crippen LogP contribution in [0.1, 0.15) is 70.3 Å². The molecule has 0 fully saturated rings. The molecule has 1 aliphatic heterocycles. The van der Waals surface area contributed by atoms with E-state index in [0.29, 0.717) is 18.6 Å². The summed E-state index contributed by atoms with van der Waals surface area (Å²) >= 11 is 0. The predicted octanol–water partition coefficient (Wildman–Crippen LogP) is 6.39. The number of aromatic nitrogens is 1. The van der Waals surface area contributed by atoms with Crippen molar-refractivity contribution in [3.63, 3.8) is 0 Å². The molecule has 1 aromatic heterocycles. The molecule has 0 saturated carbocycles. The molecular weight excluding hydrogens is 460 g/mol. The number of aliphatic imine (C=N–C) groups is 1. The number of hydrogen-bond acceptors (Lipinski definition) is 5. The van der Waals surface area contributed by atoms with Crippen LogP contribution in [0.25, 0.3) is 0 Å². The maximum atomic E-state index is 12.9. The third-order valence-electron chi connectivity index (χ3n) is 6.37. The van der Waals surface area contributed by atoms with Gasteiger partial charge in [0.25, 0.3) is 0 Å². The van der Waals surface area contributed by atoms with E-state index in [2.05, 4.69) is 80.4 Å². The molecule has 3 aromatic rings. The van der Waals surface area contributed by atoms with E-state index >= 15 is 0 Å². The fraction of sp³-hybridized carbons (Fsp3) is 0.387. The predicted molar refractivity (Wildman–Crippen MR) is 151 cm³/mol. The number of nitrogens with zero attached hydrogens (tertiary/aromatic N) is 2. The Hall–Kier alpha value is -3.67. The van der Waals surface area contributed by atoms with E-state index < -0.39 is 0 Å². The number of amides is 1. The van der Waals surface area contributed by atoms with Crippen LogP contribution in [0.4, 0.5) is 5.69 Å². The lowest BCUT2D eigenvalue weighted by Crippen LogP contribution is -2.20. The SMILES string of the molecule is CC(C)(C)c1cc(NC(=O)CCc2cccc(Oc3ccnc(C4=NCCN4)c3)c2)cc(C(C)(C)C)c1. The van der Waals surface area contributed by atoms with Gasteiger partial charge in [-0.1, -0.05) is 59.7 Å². The maximum absolute atomic E-state index is 12.9. The van der Waals surface area contributed by atoms with E-state index in [1.165, 1.54) is 11.1 Å². The van der Waals surface area contributed by atoms with Crippen molar-refractivity contribution in [2.45, 2.75) is 65.2 Å². The van der Waals surface area contributed by atoms with Gasteiger partial charge < -0.3 is 15.4 Å². The van der Waals surface area contributed by atoms with Crippen LogP contribution in [0.3, 0.4) is 0 Å². The Balaban J connectivity index is 1.40. The molecule has 0 saturated heterocycles. The zero-order chi connectivity index (χ0) is 26.6. The first-order valence-corrected chi connectivity index (χ1v) is 12.9. The summed E-state index contributed by atoms with van der Waals surface area (Å²) in [4.78, 5) is 21.7. The highest BCUT2D eigenvalue weighted by molar-refractivity contribution is 5.98. The first-order chi connectivity index (χ1) is 17.5. The summed E-state index contributed by atoms with van der Waals surface area (Å²) in [5.74, 6) is 2.22. The standard InChI is InChI=1S/C31H38N4O2/c1-30(2,3)22-17-23(31(4,5)6)19-24(18-22)35-28(36)11-10-21-8-7-9-25(16-21)37-26-12-13-32-27(20-26)29-33-14-15-34-29/h7-9,12-13,16-20H,10-11,14-15H2,1-6H3,(H,33,34)(H,35,36).